The molecule has 1 saturated heterocycles. The third-order valence-corrected chi connectivity index (χ3v) is 4.64. The van der Waals surface area contributed by atoms with Crippen LogP contribution in [0.15, 0.2) is 24.3 Å². The number of hydrogen-bond acceptors (Lipinski definition) is 3. The van der Waals surface area contributed by atoms with Crippen molar-refractivity contribution in [2.24, 2.45) is 5.73 Å². The first-order valence-electron chi connectivity index (χ1n) is 6.44. The van der Waals surface area contributed by atoms with Gasteiger partial charge in [-0.25, -0.2) is 0 Å². The molecule has 0 spiro atoms. The highest BCUT2D eigenvalue weighted by atomic mass is 32.2. The zero-order chi connectivity index (χ0) is 12.8. The maximum atomic E-state index is 11.9. The molecule has 1 amide bonds. The monoisotopic (exact) mass is 264 g/mol. The standard InChI is InChI=1S/C14H20N2OS/c15-9-12-5-2-1-4-11(12)8-14(17)16-10-13-6-3-7-18-13/h1-2,4-5,13H,3,6-10,15H2,(H,16,17). The summed E-state index contributed by atoms with van der Waals surface area (Å²) in [5, 5.41) is 3.63. The molecular weight excluding hydrogens is 244 g/mol. The summed E-state index contributed by atoms with van der Waals surface area (Å²) in [7, 11) is 0. The van der Waals surface area contributed by atoms with E-state index in [9.17, 15) is 4.79 Å². The minimum atomic E-state index is 0.100. The van der Waals surface area contributed by atoms with Crippen molar-refractivity contribution in [2.75, 3.05) is 12.3 Å². The molecule has 1 unspecified atom stereocenters. The topological polar surface area (TPSA) is 55.1 Å². The summed E-state index contributed by atoms with van der Waals surface area (Å²) in [5.74, 6) is 1.33. The van der Waals surface area contributed by atoms with E-state index in [1.165, 1.54) is 18.6 Å². The minimum Gasteiger partial charge on any atom is -0.355 e. The van der Waals surface area contributed by atoms with E-state index in [2.05, 4.69) is 5.32 Å². The van der Waals surface area contributed by atoms with Crippen molar-refractivity contribution in [3.63, 3.8) is 0 Å². The van der Waals surface area contributed by atoms with Crippen LogP contribution in [-0.2, 0) is 17.8 Å². The fourth-order valence-corrected chi connectivity index (χ4v) is 3.40. The Balaban J connectivity index is 1.82. The number of amides is 1. The van der Waals surface area contributed by atoms with Crippen molar-refractivity contribution in [1.29, 1.82) is 0 Å². The molecule has 0 aromatic heterocycles. The number of hydrogen-bond donors (Lipinski definition) is 2. The lowest BCUT2D eigenvalue weighted by Gasteiger charge is -2.11. The van der Waals surface area contributed by atoms with Gasteiger partial charge in [0.15, 0.2) is 0 Å². The van der Waals surface area contributed by atoms with Gasteiger partial charge in [-0.1, -0.05) is 24.3 Å². The van der Waals surface area contributed by atoms with Crippen molar-refractivity contribution in [3.05, 3.63) is 35.4 Å². The van der Waals surface area contributed by atoms with Crippen LogP contribution < -0.4 is 11.1 Å². The average molecular weight is 264 g/mol. The number of rotatable bonds is 5. The van der Waals surface area contributed by atoms with Crippen molar-refractivity contribution in [1.82, 2.24) is 5.32 Å². The van der Waals surface area contributed by atoms with Crippen molar-refractivity contribution in [3.8, 4) is 0 Å². The van der Waals surface area contributed by atoms with Gasteiger partial charge in [0.2, 0.25) is 5.91 Å². The molecule has 1 aliphatic heterocycles. The van der Waals surface area contributed by atoms with E-state index in [4.69, 9.17) is 5.73 Å². The summed E-state index contributed by atoms with van der Waals surface area (Å²) in [5.41, 5.74) is 7.76. The Kier molecular flexibility index (Phi) is 5.08. The van der Waals surface area contributed by atoms with E-state index in [0.29, 0.717) is 18.2 Å². The average Bonchev–Trinajstić information content (AvgIpc) is 2.90. The zero-order valence-electron chi connectivity index (χ0n) is 10.5. The smallest absolute Gasteiger partial charge is 0.224 e. The maximum absolute atomic E-state index is 11.9. The van der Waals surface area contributed by atoms with Crippen LogP contribution >= 0.6 is 11.8 Å². The molecule has 1 atom stereocenters. The van der Waals surface area contributed by atoms with Crippen LogP contribution in [0.25, 0.3) is 0 Å². The van der Waals surface area contributed by atoms with Crippen molar-refractivity contribution < 1.29 is 4.79 Å². The lowest BCUT2D eigenvalue weighted by Crippen LogP contribution is -2.31. The normalized spacial score (nSPS) is 18.8. The minimum absolute atomic E-state index is 0.100. The highest BCUT2D eigenvalue weighted by Crippen LogP contribution is 2.25. The summed E-state index contributed by atoms with van der Waals surface area (Å²) in [6, 6.07) is 7.87. The van der Waals surface area contributed by atoms with Gasteiger partial charge in [-0.05, 0) is 29.7 Å². The second kappa shape index (κ2) is 6.81. The van der Waals surface area contributed by atoms with E-state index in [0.717, 1.165) is 17.7 Å². The molecule has 1 heterocycles. The Hall–Kier alpha value is -1.00. The Labute approximate surface area is 113 Å². The third kappa shape index (κ3) is 3.75. The van der Waals surface area contributed by atoms with Gasteiger partial charge in [0.05, 0.1) is 6.42 Å². The first-order chi connectivity index (χ1) is 8.79. The number of benzene rings is 1. The Morgan fingerprint density at radius 2 is 2.17 bits per heavy atom. The number of nitrogens with one attached hydrogen (secondary N) is 1. The van der Waals surface area contributed by atoms with Gasteiger partial charge in [0.1, 0.15) is 0 Å². The zero-order valence-corrected chi connectivity index (χ0v) is 11.3. The van der Waals surface area contributed by atoms with Crippen LogP contribution in [0.3, 0.4) is 0 Å². The quantitative estimate of drug-likeness (QED) is 0.851. The second-order valence-corrected chi connectivity index (χ2v) is 6.00. The number of nitrogens with two attached hydrogens (primary N) is 1. The number of carbonyl (C=O) groups is 1. The first kappa shape index (κ1) is 13.4. The van der Waals surface area contributed by atoms with Crippen LogP contribution in [0.2, 0.25) is 0 Å². The molecule has 0 bridgehead atoms. The third-order valence-electron chi connectivity index (χ3n) is 3.24. The highest BCUT2D eigenvalue weighted by Gasteiger charge is 2.16. The van der Waals surface area contributed by atoms with Crippen LogP contribution in [0.5, 0.6) is 0 Å². The number of carbonyl (C=O) groups excluding carboxylic acids is 1. The van der Waals surface area contributed by atoms with Crippen LogP contribution in [0, 0.1) is 0 Å². The predicted octanol–water partition coefficient (Wildman–Crippen LogP) is 1.70. The van der Waals surface area contributed by atoms with Gasteiger partial charge in [-0.3, -0.25) is 4.79 Å². The van der Waals surface area contributed by atoms with Crippen molar-refractivity contribution >= 4 is 17.7 Å². The Bertz CT molecular complexity index is 403. The van der Waals surface area contributed by atoms with Gasteiger partial charge in [-0.2, -0.15) is 11.8 Å². The molecule has 98 valence electrons. The van der Waals surface area contributed by atoms with Crippen molar-refractivity contribution in [2.45, 2.75) is 31.1 Å². The van der Waals surface area contributed by atoms with Gasteiger partial charge >= 0.3 is 0 Å². The molecule has 1 aromatic rings. The fraction of sp³-hybridized carbons (Fsp3) is 0.500. The molecule has 18 heavy (non-hydrogen) atoms. The molecule has 2 rings (SSSR count). The molecule has 0 radical (unpaired) electrons. The summed E-state index contributed by atoms with van der Waals surface area (Å²) in [6.07, 6.45) is 2.94. The number of thioether (sulfide) groups is 1. The van der Waals surface area contributed by atoms with Crippen LogP contribution in [-0.4, -0.2) is 23.5 Å². The van der Waals surface area contributed by atoms with E-state index >= 15 is 0 Å². The largest absolute Gasteiger partial charge is 0.355 e. The van der Waals surface area contributed by atoms with Gasteiger partial charge in [0, 0.05) is 18.3 Å². The maximum Gasteiger partial charge on any atom is 0.224 e. The Morgan fingerprint density at radius 3 is 2.83 bits per heavy atom. The summed E-state index contributed by atoms with van der Waals surface area (Å²) >= 11 is 1.96. The molecule has 1 fully saturated rings. The van der Waals surface area contributed by atoms with E-state index in [1.54, 1.807) is 0 Å². The SMILES string of the molecule is NCc1ccccc1CC(=O)NCC1CCCS1. The molecule has 3 nitrogen and oxygen atoms in total. The highest BCUT2D eigenvalue weighted by molar-refractivity contribution is 8.00. The predicted molar refractivity (Wildman–Crippen MR) is 76.5 cm³/mol. The lowest BCUT2D eigenvalue weighted by molar-refractivity contribution is -0.120. The summed E-state index contributed by atoms with van der Waals surface area (Å²) in [4.78, 5) is 11.9. The summed E-state index contributed by atoms with van der Waals surface area (Å²) < 4.78 is 0. The Morgan fingerprint density at radius 1 is 1.39 bits per heavy atom. The molecule has 1 aromatic carbocycles. The molecule has 1 aliphatic rings. The molecule has 0 aliphatic carbocycles. The van der Waals surface area contributed by atoms with Gasteiger partial charge in [-0.15, -0.1) is 0 Å². The van der Waals surface area contributed by atoms with Crippen LogP contribution in [0.4, 0.5) is 0 Å². The van der Waals surface area contributed by atoms with E-state index < -0.39 is 0 Å². The first-order valence-corrected chi connectivity index (χ1v) is 7.49. The molecule has 0 saturated carbocycles. The van der Waals surface area contributed by atoms with E-state index in [-0.39, 0.29) is 5.91 Å². The lowest BCUT2D eigenvalue weighted by atomic mass is 10.0. The van der Waals surface area contributed by atoms with Crippen LogP contribution in [0.1, 0.15) is 24.0 Å². The summed E-state index contributed by atoms with van der Waals surface area (Å²) in [6.45, 7) is 1.29. The van der Waals surface area contributed by atoms with E-state index in [1.807, 2.05) is 36.0 Å². The molecule has 4 heteroatoms. The van der Waals surface area contributed by atoms with Gasteiger partial charge in [0.25, 0.3) is 0 Å². The van der Waals surface area contributed by atoms with Gasteiger partial charge < -0.3 is 11.1 Å². The fourth-order valence-electron chi connectivity index (χ4n) is 2.20. The second-order valence-electron chi connectivity index (χ2n) is 4.59. The molecular formula is C14H20N2OS. The molecule has 3 N–H and O–H groups in total.